The molecule has 0 spiro atoms. The molecule has 0 heterocycles. The van der Waals surface area contributed by atoms with Crippen LogP contribution in [0.2, 0.25) is 0 Å². The van der Waals surface area contributed by atoms with Gasteiger partial charge < -0.3 is 11.5 Å². The Labute approximate surface area is 137 Å². The van der Waals surface area contributed by atoms with Crippen LogP contribution in [0.25, 0.3) is 0 Å². The number of anilines is 2. The molecule has 2 aromatic rings. The fourth-order valence-corrected chi connectivity index (χ4v) is 3.57. The Morgan fingerprint density at radius 3 is 1.35 bits per heavy atom. The van der Waals surface area contributed by atoms with E-state index < -0.39 is 20.2 Å². The van der Waals surface area contributed by atoms with E-state index in [0.29, 0.717) is 9.79 Å². The minimum atomic E-state index is -4.35. The average Bonchev–Trinajstić information content (AvgIpc) is 2.40. The molecule has 0 aliphatic rings. The third-order valence-electron chi connectivity index (χ3n) is 2.78. The van der Waals surface area contributed by atoms with Gasteiger partial charge in [-0.05, 0) is 36.4 Å². The Bertz CT molecular complexity index is 891. The maximum atomic E-state index is 11.0. The Morgan fingerprint density at radius 1 is 0.739 bits per heavy atom. The van der Waals surface area contributed by atoms with Gasteiger partial charge in [-0.15, -0.1) is 0 Å². The molecule has 0 aliphatic heterocycles. The maximum absolute atomic E-state index is 11.0. The molecule has 0 amide bonds. The quantitative estimate of drug-likeness (QED) is 0.457. The molecule has 6 N–H and O–H groups in total. The molecule has 0 aliphatic carbocycles. The fraction of sp³-hybridized carbons (Fsp3) is 0. The standard InChI is InChI=1S/C12H12N2O6S3/c13-9-5-7(22(15,16)17)1-3-11(9)21-12-4-2-8(6-10(12)14)23(18,19)20/h1-6H,13-14H2,(H,15,16,17)(H,18,19,20). The second-order valence-corrected chi connectivity index (χ2v) is 8.38. The molecular weight excluding hydrogens is 364 g/mol. The topological polar surface area (TPSA) is 161 Å². The van der Waals surface area contributed by atoms with Crippen LogP contribution >= 0.6 is 11.8 Å². The Morgan fingerprint density at radius 2 is 1.09 bits per heavy atom. The lowest BCUT2D eigenvalue weighted by Crippen LogP contribution is -2.01. The molecule has 0 aromatic heterocycles. The third-order valence-corrected chi connectivity index (χ3v) is 5.66. The van der Waals surface area contributed by atoms with Crippen LogP contribution in [-0.4, -0.2) is 25.9 Å². The van der Waals surface area contributed by atoms with Gasteiger partial charge in [0.1, 0.15) is 0 Å². The molecule has 0 bridgehead atoms. The maximum Gasteiger partial charge on any atom is 0.294 e. The van der Waals surface area contributed by atoms with Gasteiger partial charge in [-0.3, -0.25) is 9.11 Å². The van der Waals surface area contributed by atoms with E-state index in [0.717, 1.165) is 23.9 Å². The van der Waals surface area contributed by atoms with E-state index in [4.69, 9.17) is 20.6 Å². The first-order valence-corrected chi connectivity index (χ1v) is 9.60. The second-order valence-electron chi connectivity index (χ2n) is 4.45. The van der Waals surface area contributed by atoms with Crippen molar-refractivity contribution < 1.29 is 25.9 Å². The molecule has 0 radical (unpaired) electrons. The highest BCUT2D eigenvalue weighted by Crippen LogP contribution is 2.37. The summed E-state index contributed by atoms with van der Waals surface area (Å²) in [6.07, 6.45) is 0. The SMILES string of the molecule is Nc1cc(S(=O)(=O)O)ccc1Sc1ccc(S(=O)(=O)O)cc1N. The van der Waals surface area contributed by atoms with Crippen molar-refractivity contribution in [3.63, 3.8) is 0 Å². The molecule has 0 saturated carbocycles. The van der Waals surface area contributed by atoms with Crippen molar-refractivity contribution in [3.8, 4) is 0 Å². The Hall–Kier alpha value is -1.79. The monoisotopic (exact) mass is 376 g/mol. The van der Waals surface area contributed by atoms with Crippen LogP contribution < -0.4 is 11.5 Å². The lowest BCUT2D eigenvalue weighted by molar-refractivity contribution is 0.481. The van der Waals surface area contributed by atoms with Gasteiger partial charge in [0.2, 0.25) is 0 Å². The minimum Gasteiger partial charge on any atom is -0.398 e. The molecule has 11 heteroatoms. The zero-order valence-electron chi connectivity index (χ0n) is 11.4. The number of hydrogen-bond acceptors (Lipinski definition) is 7. The van der Waals surface area contributed by atoms with Crippen molar-refractivity contribution in [1.82, 2.24) is 0 Å². The van der Waals surface area contributed by atoms with Crippen LogP contribution in [0.1, 0.15) is 0 Å². The molecule has 2 rings (SSSR count). The number of hydrogen-bond donors (Lipinski definition) is 4. The summed E-state index contributed by atoms with van der Waals surface area (Å²) in [7, 11) is -8.71. The molecule has 23 heavy (non-hydrogen) atoms. The molecule has 0 unspecified atom stereocenters. The summed E-state index contributed by atoms with van der Waals surface area (Å²) in [6, 6.07) is 7.33. The van der Waals surface area contributed by atoms with Crippen molar-refractivity contribution in [2.45, 2.75) is 19.6 Å². The molecule has 0 fully saturated rings. The van der Waals surface area contributed by atoms with Gasteiger partial charge in [-0.25, -0.2) is 0 Å². The lowest BCUT2D eigenvalue weighted by Gasteiger charge is -2.09. The van der Waals surface area contributed by atoms with Crippen LogP contribution in [0.5, 0.6) is 0 Å². The van der Waals surface area contributed by atoms with Gasteiger partial charge in [0.25, 0.3) is 20.2 Å². The zero-order valence-corrected chi connectivity index (χ0v) is 13.8. The van der Waals surface area contributed by atoms with Crippen molar-refractivity contribution in [1.29, 1.82) is 0 Å². The highest BCUT2D eigenvalue weighted by Gasteiger charge is 2.15. The Kier molecular flexibility index (Phi) is 4.59. The molecule has 8 nitrogen and oxygen atoms in total. The summed E-state index contributed by atoms with van der Waals surface area (Å²) in [5.41, 5.74) is 11.7. The second kappa shape index (κ2) is 6.02. The highest BCUT2D eigenvalue weighted by molar-refractivity contribution is 7.99. The normalized spacial score (nSPS) is 12.3. The van der Waals surface area contributed by atoms with Gasteiger partial charge >= 0.3 is 0 Å². The van der Waals surface area contributed by atoms with Crippen molar-refractivity contribution in [2.24, 2.45) is 0 Å². The summed E-state index contributed by atoms with van der Waals surface area (Å²) < 4.78 is 62.0. The third kappa shape index (κ3) is 4.14. The fourth-order valence-electron chi connectivity index (χ4n) is 1.68. The van der Waals surface area contributed by atoms with Crippen LogP contribution in [0, 0.1) is 0 Å². The van der Waals surface area contributed by atoms with Crippen molar-refractivity contribution in [3.05, 3.63) is 36.4 Å². The number of nitrogen functional groups attached to an aromatic ring is 2. The Balaban J connectivity index is 2.37. The summed E-state index contributed by atoms with van der Waals surface area (Å²) in [5, 5.41) is 0. The predicted molar refractivity (Wildman–Crippen MR) is 85.5 cm³/mol. The van der Waals surface area contributed by atoms with E-state index in [1.54, 1.807) is 0 Å². The first kappa shape index (κ1) is 17.6. The van der Waals surface area contributed by atoms with Gasteiger partial charge in [0, 0.05) is 21.2 Å². The average molecular weight is 376 g/mol. The van der Waals surface area contributed by atoms with E-state index in [1.807, 2.05) is 0 Å². The predicted octanol–water partition coefficient (Wildman–Crippen LogP) is 1.50. The van der Waals surface area contributed by atoms with Crippen LogP contribution in [0.3, 0.4) is 0 Å². The molecule has 124 valence electrons. The van der Waals surface area contributed by atoms with Crippen LogP contribution in [-0.2, 0) is 20.2 Å². The van der Waals surface area contributed by atoms with Crippen LogP contribution in [0.4, 0.5) is 11.4 Å². The van der Waals surface area contributed by atoms with Gasteiger partial charge in [-0.1, -0.05) is 11.8 Å². The summed E-state index contributed by atoms with van der Waals surface area (Å²) in [5.74, 6) is 0. The van der Waals surface area contributed by atoms with Crippen LogP contribution in [0.15, 0.2) is 56.0 Å². The van der Waals surface area contributed by atoms with Crippen molar-refractivity contribution >= 4 is 43.4 Å². The first-order valence-electron chi connectivity index (χ1n) is 5.90. The smallest absolute Gasteiger partial charge is 0.294 e. The zero-order chi connectivity index (χ0) is 17.4. The summed E-state index contributed by atoms with van der Waals surface area (Å²) in [6.45, 7) is 0. The van der Waals surface area contributed by atoms with E-state index in [1.165, 1.54) is 24.3 Å². The first-order chi connectivity index (χ1) is 10.5. The largest absolute Gasteiger partial charge is 0.398 e. The molecule has 2 aromatic carbocycles. The lowest BCUT2D eigenvalue weighted by atomic mass is 10.3. The summed E-state index contributed by atoms with van der Waals surface area (Å²) >= 11 is 1.08. The molecular formula is C12H12N2O6S3. The van der Waals surface area contributed by atoms with E-state index >= 15 is 0 Å². The molecule has 0 atom stereocenters. The van der Waals surface area contributed by atoms with E-state index in [9.17, 15) is 16.8 Å². The summed E-state index contributed by atoms with van der Waals surface area (Å²) in [4.78, 5) is 0.246. The van der Waals surface area contributed by atoms with E-state index in [-0.39, 0.29) is 21.2 Å². The number of benzene rings is 2. The van der Waals surface area contributed by atoms with E-state index in [2.05, 4.69) is 0 Å². The van der Waals surface area contributed by atoms with Gasteiger partial charge in [-0.2, -0.15) is 16.8 Å². The highest BCUT2D eigenvalue weighted by atomic mass is 32.2. The number of nitrogens with two attached hydrogens (primary N) is 2. The van der Waals surface area contributed by atoms with Crippen molar-refractivity contribution in [2.75, 3.05) is 11.5 Å². The molecule has 0 saturated heterocycles. The van der Waals surface area contributed by atoms with Gasteiger partial charge in [0.15, 0.2) is 0 Å². The minimum absolute atomic E-state index is 0.100. The van der Waals surface area contributed by atoms with Gasteiger partial charge in [0.05, 0.1) is 9.79 Å². The number of rotatable bonds is 4.